The maximum absolute atomic E-state index is 11.7. The maximum atomic E-state index is 11.7. The van der Waals surface area contributed by atoms with Gasteiger partial charge < -0.3 is 10.1 Å². The molecule has 0 saturated carbocycles. The second-order valence-corrected chi connectivity index (χ2v) is 9.88. The highest BCUT2D eigenvalue weighted by Gasteiger charge is 2.26. The predicted molar refractivity (Wildman–Crippen MR) is 112 cm³/mol. The number of H-pyrrole nitrogens is 1. The molecule has 1 fully saturated rings. The van der Waals surface area contributed by atoms with Crippen molar-refractivity contribution < 1.29 is 13.2 Å². The molecule has 1 saturated heterocycles. The Labute approximate surface area is 174 Å². The van der Waals surface area contributed by atoms with Gasteiger partial charge in [-0.3, -0.25) is 5.10 Å². The van der Waals surface area contributed by atoms with Crippen LogP contribution in [0, 0.1) is 5.92 Å². The summed E-state index contributed by atoms with van der Waals surface area (Å²) in [6, 6.07) is 0.0988. The molecule has 4 rings (SSSR count). The number of aromatic nitrogens is 6. The Morgan fingerprint density at radius 1 is 1.33 bits per heavy atom. The summed E-state index contributed by atoms with van der Waals surface area (Å²) in [4.78, 5) is 9.14. The van der Waals surface area contributed by atoms with Gasteiger partial charge in [0.25, 0.3) is 0 Å². The average molecular weight is 435 g/mol. The third-order valence-electron chi connectivity index (χ3n) is 4.93. The van der Waals surface area contributed by atoms with Crippen LogP contribution < -0.4 is 10.1 Å². The second-order valence-electron chi connectivity index (χ2n) is 7.90. The van der Waals surface area contributed by atoms with Crippen molar-refractivity contribution in [3.8, 4) is 17.0 Å². The Kier molecular flexibility index (Phi) is 5.60. The summed E-state index contributed by atoms with van der Waals surface area (Å²) >= 11 is 0. The van der Waals surface area contributed by atoms with E-state index in [9.17, 15) is 8.42 Å². The lowest BCUT2D eigenvalue weighted by atomic mass is 10.1. The van der Waals surface area contributed by atoms with Gasteiger partial charge in [0.2, 0.25) is 21.6 Å². The summed E-state index contributed by atoms with van der Waals surface area (Å²) in [6.45, 7) is 5.64. The average Bonchev–Trinajstić information content (AvgIpc) is 3.35. The molecule has 11 nitrogen and oxygen atoms in total. The molecule has 162 valence electrons. The van der Waals surface area contributed by atoms with E-state index >= 15 is 0 Å². The number of rotatable bonds is 7. The van der Waals surface area contributed by atoms with Crippen LogP contribution in [-0.4, -0.2) is 74.5 Å². The summed E-state index contributed by atoms with van der Waals surface area (Å²) < 4.78 is 32.5. The summed E-state index contributed by atoms with van der Waals surface area (Å²) in [6.07, 6.45) is 7.67. The molecule has 3 aromatic rings. The fourth-order valence-corrected chi connectivity index (χ4v) is 4.25. The van der Waals surface area contributed by atoms with Crippen LogP contribution in [0.2, 0.25) is 0 Å². The zero-order valence-electron chi connectivity index (χ0n) is 17.2. The van der Waals surface area contributed by atoms with Gasteiger partial charge in [-0.2, -0.15) is 14.6 Å². The second kappa shape index (κ2) is 8.19. The molecule has 0 radical (unpaired) electrons. The fraction of sp³-hybridized carbons (Fsp3) is 0.556. The van der Waals surface area contributed by atoms with Gasteiger partial charge in [0.15, 0.2) is 5.75 Å². The van der Waals surface area contributed by atoms with Crippen molar-refractivity contribution in [3.63, 3.8) is 0 Å². The smallest absolute Gasteiger partial charge is 0.243 e. The van der Waals surface area contributed by atoms with Crippen LogP contribution in [0.1, 0.15) is 26.7 Å². The van der Waals surface area contributed by atoms with Gasteiger partial charge in [0, 0.05) is 30.9 Å². The van der Waals surface area contributed by atoms with Crippen molar-refractivity contribution >= 4 is 21.6 Å². The van der Waals surface area contributed by atoms with Crippen LogP contribution in [0.5, 0.6) is 5.75 Å². The lowest BCUT2D eigenvalue weighted by molar-refractivity contribution is 0.272. The molecule has 2 N–H and O–H groups in total. The largest absolute Gasteiger partial charge is 0.487 e. The number of anilines is 1. The minimum absolute atomic E-state index is 0.0988. The van der Waals surface area contributed by atoms with Crippen molar-refractivity contribution in [1.29, 1.82) is 0 Å². The molecule has 0 aliphatic carbocycles. The zero-order valence-corrected chi connectivity index (χ0v) is 18.1. The molecule has 0 bridgehead atoms. The van der Waals surface area contributed by atoms with Gasteiger partial charge in [-0.1, -0.05) is 13.8 Å². The Bertz CT molecular complexity index is 1100. The van der Waals surface area contributed by atoms with Crippen LogP contribution in [0.25, 0.3) is 16.9 Å². The first-order valence-corrected chi connectivity index (χ1v) is 11.7. The first-order valence-electron chi connectivity index (χ1n) is 9.90. The standard InChI is InChI=1S/C18H26N8O3S/c1-12(2)10-29-16-15(13-8-20-21-9-13)19-11-26-17(16)23-18(24-26)22-14-4-6-25(7-5-14)30(3,27)28/h8-9,11-12,14H,4-7,10H2,1-3H3,(H,20,21)(H,22,24). The molecule has 1 aliphatic heterocycles. The lowest BCUT2D eigenvalue weighted by Gasteiger charge is -2.30. The van der Waals surface area contributed by atoms with Gasteiger partial charge in [0.05, 0.1) is 19.1 Å². The number of sulfonamides is 1. The van der Waals surface area contributed by atoms with Gasteiger partial charge in [-0.15, -0.1) is 5.10 Å². The molecular weight excluding hydrogens is 408 g/mol. The van der Waals surface area contributed by atoms with E-state index < -0.39 is 10.0 Å². The maximum Gasteiger partial charge on any atom is 0.243 e. The summed E-state index contributed by atoms with van der Waals surface area (Å²) in [5.41, 5.74) is 2.03. The van der Waals surface area contributed by atoms with Crippen molar-refractivity contribution in [3.05, 3.63) is 18.7 Å². The van der Waals surface area contributed by atoms with E-state index in [4.69, 9.17) is 4.74 Å². The molecular formula is C18H26N8O3S. The van der Waals surface area contributed by atoms with E-state index in [0.29, 0.717) is 61.5 Å². The number of hydrogen-bond donors (Lipinski definition) is 2. The van der Waals surface area contributed by atoms with Crippen molar-refractivity contribution in [2.75, 3.05) is 31.3 Å². The van der Waals surface area contributed by atoms with Crippen LogP contribution in [0.4, 0.5) is 5.95 Å². The first kappa shape index (κ1) is 20.5. The Morgan fingerprint density at radius 3 is 2.73 bits per heavy atom. The number of aromatic amines is 1. The lowest BCUT2D eigenvalue weighted by Crippen LogP contribution is -2.41. The molecule has 0 amide bonds. The van der Waals surface area contributed by atoms with Crippen molar-refractivity contribution in [2.45, 2.75) is 32.7 Å². The first-order chi connectivity index (χ1) is 14.3. The molecule has 30 heavy (non-hydrogen) atoms. The van der Waals surface area contributed by atoms with Crippen molar-refractivity contribution in [2.24, 2.45) is 5.92 Å². The molecule has 12 heteroatoms. The number of ether oxygens (including phenoxy) is 1. The number of nitrogens with one attached hydrogen (secondary N) is 2. The SMILES string of the molecule is CC(C)COc1c(-c2cn[nH]c2)ncn2nc(NC3CCN(S(C)(=O)=O)CC3)nc12. The summed E-state index contributed by atoms with van der Waals surface area (Å²) in [5, 5.41) is 14.6. The van der Waals surface area contributed by atoms with Gasteiger partial charge in [-0.05, 0) is 18.8 Å². The van der Waals surface area contributed by atoms with Gasteiger partial charge >= 0.3 is 0 Å². The number of piperidine rings is 1. The Morgan fingerprint density at radius 2 is 2.10 bits per heavy atom. The topological polar surface area (TPSA) is 130 Å². The quantitative estimate of drug-likeness (QED) is 0.570. The van der Waals surface area contributed by atoms with E-state index in [1.54, 1.807) is 23.2 Å². The highest BCUT2D eigenvalue weighted by atomic mass is 32.2. The number of nitrogens with zero attached hydrogens (tertiary/aromatic N) is 6. The minimum Gasteiger partial charge on any atom is -0.487 e. The fourth-order valence-electron chi connectivity index (χ4n) is 3.38. The van der Waals surface area contributed by atoms with E-state index in [1.165, 1.54) is 10.6 Å². The molecule has 3 aromatic heterocycles. The van der Waals surface area contributed by atoms with Gasteiger partial charge in [0.1, 0.15) is 12.0 Å². The van der Waals surface area contributed by atoms with E-state index in [1.807, 2.05) is 0 Å². The summed E-state index contributed by atoms with van der Waals surface area (Å²) in [5.74, 6) is 1.36. The normalized spacial score (nSPS) is 16.4. The highest BCUT2D eigenvalue weighted by Crippen LogP contribution is 2.31. The Hall–Kier alpha value is -2.73. The summed E-state index contributed by atoms with van der Waals surface area (Å²) in [7, 11) is -3.15. The molecule has 4 heterocycles. The predicted octanol–water partition coefficient (Wildman–Crippen LogP) is 1.39. The number of fused-ring (bicyclic) bond motifs is 1. The minimum atomic E-state index is -3.15. The number of hydrogen-bond acceptors (Lipinski definition) is 8. The van der Waals surface area contributed by atoms with Crippen LogP contribution in [0.15, 0.2) is 18.7 Å². The molecule has 0 unspecified atom stereocenters. The van der Waals surface area contributed by atoms with E-state index in [0.717, 1.165) is 5.56 Å². The molecule has 0 aromatic carbocycles. The van der Waals surface area contributed by atoms with Crippen molar-refractivity contribution in [1.82, 2.24) is 34.1 Å². The van der Waals surface area contributed by atoms with Crippen LogP contribution in [-0.2, 0) is 10.0 Å². The zero-order chi connectivity index (χ0) is 21.3. The molecule has 0 atom stereocenters. The highest BCUT2D eigenvalue weighted by molar-refractivity contribution is 7.88. The molecule has 0 spiro atoms. The molecule has 1 aliphatic rings. The van der Waals surface area contributed by atoms with Gasteiger partial charge in [-0.25, -0.2) is 17.7 Å². The monoisotopic (exact) mass is 434 g/mol. The Balaban J connectivity index is 1.58. The van der Waals surface area contributed by atoms with Crippen LogP contribution in [0.3, 0.4) is 0 Å². The van der Waals surface area contributed by atoms with E-state index in [-0.39, 0.29) is 6.04 Å². The van der Waals surface area contributed by atoms with Crippen LogP contribution >= 0.6 is 0 Å². The van der Waals surface area contributed by atoms with E-state index in [2.05, 4.69) is 44.4 Å². The third-order valence-corrected chi connectivity index (χ3v) is 6.24. The third kappa shape index (κ3) is 4.38.